The average Bonchev–Trinajstić information content (AvgIpc) is 2.50. The molecule has 0 bridgehead atoms. The van der Waals surface area contributed by atoms with Crippen molar-refractivity contribution in [1.82, 2.24) is 15.2 Å². The molecule has 0 unspecified atom stereocenters. The fourth-order valence-corrected chi connectivity index (χ4v) is 0.992. The molecule has 2 aromatic heterocycles. The zero-order valence-corrected chi connectivity index (χ0v) is 5.91. The number of nitrogens with zero attached hydrogens (tertiary/aromatic N) is 2. The molecule has 0 aliphatic rings. The van der Waals surface area contributed by atoms with E-state index in [9.17, 15) is 0 Å². The summed E-state index contributed by atoms with van der Waals surface area (Å²) in [5, 5.41) is 7.74. The van der Waals surface area contributed by atoms with Crippen molar-refractivity contribution in [3.8, 4) is 0 Å². The SMILES string of the molecule is NCc1cc2[nH]ncc2cn1. The summed E-state index contributed by atoms with van der Waals surface area (Å²) in [5.74, 6) is 0. The minimum absolute atomic E-state index is 0.467. The van der Waals surface area contributed by atoms with Crippen molar-refractivity contribution in [3.05, 3.63) is 24.2 Å². The van der Waals surface area contributed by atoms with Crippen LogP contribution in [0.2, 0.25) is 0 Å². The van der Waals surface area contributed by atoms with Gasteiger partial charge in [-0.05, 0) is 6.07 Å². The van der Waals surface area contributed by atoms with Gasteiger partial charge in [-0.3, -0.25) is 10.1 Å². The maximum absolute atomic E-state index is 5.41. The van der Waals surface area contributed by atoms with Crippen LogP contribution in [0.5, 0.6) is 0 Å². The zero-order valence-electron chi connectivity index (χ0n) is 5.91. The van der Waals surface area contributed by atoms with Gasteiger partial charge in [0.25, 0.3) is 0 Å². The highest BCUT2D eigenvalue weighted by atomic mass is 15.1. The van der Waals surface area contributed by atoms with Crippen LogP contribution >= 0.6 is 0 Å². The number of rotatable bonds is 1. The normalized spacial score (nSPS) is 10.6. The van der Waals surface area contributed by atoms with E-state index in [0.717, 1.165) is 16.6 Å². The molecule has 0 atom stereocenters. The first-order chi connectivity index (χ1) is 5.40. The van der Waals surface area contributed by atoms with Gasteiger partial charge >= 0.3 is 0 Å². The van der Waals surface area contributed by atoms with Crippen molar-refractivity contribution in [2.75, 3.05) is 0 Å². The molecule has 0 saturated heterocycles. The van der Waals surface area contributed by atoms with E-state index in [4.69, 9.17) is 5.73 Å². The predicted octanol–water partition coefficient (Wildman–Crippen LogP) is 0.417. The summed E-state index contributed by atoms with van der Waals surface area (Å²) in [6, 6.07) is 1.91. The molecule has 0 saturated carbocycles. The molecule has 0 spiro atoms. The molecule has 0 aliphatic heterocycles. The van der Waals surface area contributed by atoms with Gasteiger partial charge in [0.1, 0.15) is 0 Å². The Balaban J connectivity index is 2.67. The number of nitrogens with two attached hydrogens (primary N) is 1. The lowest BCUT2D eigenvalue weighted by Crippen LogP contribution is -1.98. The molecule has 0 aromatic carbocycles. The summed E-state index contributed by atoms with van der Waals surface area (Å²) >= 11 is 0. The molecule has 2 heterocycles. The number of hydrogen-bond acceptors (Lipinski definition) is 3. The van der Waals surface area contributed by atoms with E-state index >= 15 is 0 Å². The number of hydrogen-bond donors (Lipinski definition) is 2. The largest absolute Gasteiger partial charge is 0.325 e. The second kappa shape index (κ2) is 2.32. The molecule has 2 rings (SSSR count). The van der Waals surface area contributed by atoms with Crippen LogP contribution in [0.3, 0.4) is 0 Å². The monoisotopic (exact) mass is 148 g/mol. The molecule has 4 nitrogen and oxygen atoms in total. The van der Waals surface area contributed by atoms with E-state index < -0.39 is 0 Å². The highest BCUT2D eigenvalue weighted by molar-refractivity contribution is 5.76. The third-order valence-corrected chi connectivity index (χ3v) is 1.59. The molecule has 11 heavy (non-hydrogen) atoms. The molecule has 0 radical (unpaired) electrons. The van der Waals surface area contributed by atoms with Gasteiger partial charge < -0.3 is 5.73 Å². The van der Waals surface area contributed by atoms with Crippen LogP contribution in [-0.4, -0.2) is 15.2 Å². The summed E-state index contributed by atoms with van der Waals surface area (Å²) in [6.07, 6.45) is 3.50. The summed E-state index contributed by atoms with van der Waals surface area (Å²) in [7, 11) is 0. The van der Waals surface area contributed by atoms with Crippen LogP contribution in [0.25, 0.3) is 10.9 Å². The average molecular weight is 148 g/mol. The Hall–Kier alpha value is -1.42. The third-order valence-electron chi connectivity index (χ3n) is 1.59. The number of H-pyrrole nitrogens is 1. The molecule has 0 aliphatic carbocycles. The van der Waals surface area contributed by atoms with Gasteiger partial charge in [0, 0.05) is 18.1 Å². The van der Waals surface area contributed by atoms with Gasteiger partial charge in [-0.15, -0.1) is 0 Å². The Kier molecular flexibility index (Phi) is 1.33. The number of fused-ring (bicyclic) bond motifs is 1. The van der Waals surface area contributed by atoms with Gasteiger partial charge in [0.15, 0.2) is 0 Å². The smallest absolute Gasteiger partial charge is 0.0684 e. The van der Waals surface area contributed by atoms with E-state index in [2.05, 4.69) is 15.2 Å². The first kappa shape index (κ1) is 6.30. The van der Waals surface area contributed by atoms with Crippen LogP contribution in [0.4, 0.5) is 0 Å². The summed E-state index contributed by atoms with van der Waals surface area (Å²) in [5.41, 5.74) is 7.28. The molecule has 56 valence electrons. The lowest BCUT2D eigenvalue weighted by atomic mass is 10.3. The van der Waals surface area contributed by atoms with Crippen LogP contribution in [0, 0.1) is 0 Å². The van der Waals surface area contributed by atoms with E-state index in [1.165, 1.54) is 0 Å². The second-order valence-corrected chi connectivity index (χ2v) is 2.34. The van der Waals surface area contributed by atoms with Gasteiger partial charge in [-0.2, -0.15) is 5.10 Å². The fourth-order valence-electron chi connectivity index (χ4n) is 0.992. The van der Waals surface area contributed by atoms with E-state index in [1.54, 1.807) is 12.4 Å². The van der Waals surface area contributed by atoms with Crippen molar-refractivity contribution in [2.45, 2.75) is 6.54 Å². The standard InChI is InChI=1S/C7H8N4/c8-2-6-1-7-5(3-9-6)4-10-11-7/h1,3-4H,2,8H2,(H,10,11). The van der Waals surface area contributed by atoms with Gasteiger partial charge in [0.05, 0.1) is 17.4 Å². The number of aromatic nitrogens is 3. The van der Waals surface area contributed by atoms with Crippen molar-refractivity contribution in [2.24, 2.45) is 5.73 Å². The number of aromatic amines is 1. The second-order valence-electron chi connectivity index (χ2n) is 2.34. The number of nitrogens with one attached hydrogen (secondary N) is 1. The van der Waals surface area contributed by atoms with Crippen LogP contribution in [-0.2, 0) is 6.54 Å². The highest BCUT2D eigenvalue weighted by Crippen LogP contribution is 2.08. The van der Waals surface area contributed by atoms with Crippen molar-refractivity contribution >= 4 is 10.9 Å². The quantitative estimate of drug-likeness (QED) is 0.615. The lowest BCUT2D eigenvalue weighted by molar-refractivity contribution is 0.996. The van der Waals surface area contributed by atoms with Gasteiger partial charge in [0.2, 0.25) is 0 Å². The topological polar surface area (TPSA) is 67.6 Å². The summed E-state index contributed by atoms with van der Waals surface area (Å²) in [4.78, 5) is 4.11. The highest BCUT2D eigenvalue weighted by Gasteiger charge is 1.96. The van der Waals surface area contributed by atoms with Crippen LogP contribution < -0.4 is 5.73 Å². The Labute approximate surface area is 63.4 Å². The minimum Gasteiger partial charge on any atom is -0.325 e. The molecule has 2 aromatic rings. The van der Waals surface area contributed by atoms with Gasteiger partial charge in [-0.1, -0.05) is 0 Å². The Bertz CT molecular complexity index is 365. The van der Waals surface area contributed by atoms with Crippen molar-refractivity contribution < 1.29 is 0 Å². The maximum atomic E-state index is 5.41. The van der Waals surface area contributed by atoms with E-state index in [-0.39, 0.29) is 0 Å². The molecule has 3 N–H and O–H groups in total. The molecule has 0 fully saturated rings. The Morgan fingerprint density at radius 1 is 1.45 bits per heavy atom. The molecular weight excluding hydrogens is 140 g/mol. The third kappa shape index (κ3) is 0.969. The molecular formula is C7H8N4. The first-order valence-electron chi connectivity index (χ1n) is 3.38. The van der Waals surface area contributed by atoms with Gasteiger partial charge in [-0.25, -0.2) is 0 Å². The fraction of sp³-hybridized carbons (Fsp3) is 0.143. The van der Waals surface area contributed by atoms with Crippen LogP contribution in [0.1, 0.15) is 5.69 Å². The minimum atomic E-state index is 0.467. The molecule has 0 amide bonds. The molecule has 4 heteroatoms. The van der Waals surface area contributed by atoms with Crippen molar-refractivity contribution in [3.63, 3.8) is 0 Å². The maximum Gasteiger partial charge on any atom is 0.0684 e. The Morgan fingerprint density at radius 3 is 3.18 bits per heavy atom. The number of pyridine rings is 1. The lowest BCUT2D eigenvalue weighted by Gasteiger charge is -1.93. The summed E-state index contributed by atoms with van der Waals surface area (Å²) in [6.45, 7) is 0.467. The first-order valence-corrected chi connectivity index (χ1v) is 3.38. The van der Waals surface area contributed by atoms with E-state index in [1.807, 2.05) is 6.07 Å². The van der Waals surface area contributed by atoms with Crippen molar-refractivity contribution in [1.29, 1.82) is 0 Å². The zero-order chi connectivity index (χ0) is 7.68. The Morgan fingerprint density at radius 2 is 2.36 bits per heavy atom. The van der Waals surface area contributed by atoms with Crippen LogP contribution in [0.15, 0.2) is 18.5 Å². The van der Waals surface area contributed by atoms with E-state index in [0.29, 0.717) is 6.54 Å². The summed E-state index contributed by atoms with van der Waals surface area (Å²) < 4.78 is 0. The predicted molar refractivity (Wildman–Crippen MR) is 41.8 cm³/mol.